The van der Waals surface area contributed by atoms with Gasteiger partial charge in [0.15, 0.2) is 0 Å². The predicted octanol–water partition coefficient (Wildman–Crippen LogP) is 3.17. The summed E-state index contributed by atoms with van der Waals surface area (Å²) in [5.74, 6) is 0. The molecular weight excluding hydrogens is 308 g/mol. The van der Waals surface area contributed by atoms with Crippen LogP contribution < -0.4 is 10.9 Å². The molecule has 2 N–H and O–H groups in total. The first-order valence-corrected chi connectivity index (χ1v) is 9.15. The number of benzene rings is 2. The van der Waals surface area contributed by atoms with Crippen LogP contribution in [0.4, 0.5) is 5.69 Å². The molecule has 2 aromatic carbocycles. The Kier molecular flexibility index (Phi) is 6.08. The lowest BCUT2D eigenvalue weighted by Crippen LogP contribution is -2.44. The van der Waals surface area contributed by atoms with E-state index < -0.39 is 0 Å². The number of nitrogens with zero attached hydrogens (tertiary/aromatic N) is 2. The summed E-state index contributed by atoms with van der Waals surface area (Å²) in [6, 6.07) is 14.9. The Labute approximate surface area is 151 Å². The smallest absolute Gasteiger partial charge is 0.0487 e. The molecule has 0 aromatic heterocycles. The molecule has 1 fully saturated rings. The number of hydrogen-bond acceptors (Lipinski definition) is 4. The molecule has 0 amide bonds. The lowest BCUT2D eigenvalue weighted by molar-refractivity contribution is 0.148. The molecule has 25 heavy (non-hydrogen) atoms. The van der Waals surface area contributed by atoms with Gasteiger partial charge in [-0.3, -0.25) is 4.90 Å². The number of likely N-dealkylation sites (N-methyl/N-ethyl adjacent to an activating group) is 1. The molecule has 0 spiro atoms. The van der Waals surface area contributed by atoms with Crippen LogP contribution >= 0.6 is 0 Å². The van der Waals surface area contributed by atoms with Gasteiger partial charge in [0.1, 0.15) is 0 Å². The van der Waals surface area contributed by atoms with E-state index in [1.807, 2.05) is 18.2 Å². The van der Waals surface area contributed by atoms with Crippen molar-refractivity contribution in [1.29, 1.82) is 0 Å². The zero-order valence-corrected chi connectivity index (χ0v) is 15.7. The molecule has 0 saturated carbocycles. The van der Waals surface area contributed by atoms with Gasteiger partial charge in [-0.15, -0.1) is 0 Å². The number of anilines is 1. The fraction of sp³-hybridized carbons (Fsp3) is 0.429. The van der Waals surface area contributed by atoms with E-state index in [-0.39, 0.29) is 0 Å². The van der Waals surface area contributed by atoms with Gasteiger partial charge >= 0.3 is 0 Å². The standard InChI is InChI=1S/C21H30N4/c1-17-13-19(15-22-23-21-7-5-4-6-8-21)18(2)20(14-17)16-25-11-9-24(3)10-12-25/h4-8,13-14,22-23H,9-12,15-16H2,1-3H3. The Bertz CT molecular complexity index is 676. The summed E-state index contributed by atoms with van der Waals surface area (Å²) in [6.07, 6.45) is 0. The predicted molar refractivity (Wildman–Crippen MR) is 106 cm³/mol. The van der Waals surface area contributed by atoms with Crippen molar-refractivity contribution >= 4 is 5.69 Å². The molecule has 0 aliphatic carbocycles. The normalized spacial score (nSPS) is 16.1. The van der Waals surface area contributed by atoms with E-state index in [1.54, 1.807) is 0 Å². The van der Waals surface area contributed by atoms with Gasteiger partial charge in [0.25, 0.3) is 0 Å². The molecule has 134 valence electrons. The lowest BCUT2D eigenvalue weighted by atomic mass is 9.98. The SMILES string of the molecule is Cc1cc(CNNc2ccccc2)c(C)c(CN2CCN(C)CC2)c1. The van der Waals surface area contributed by atoms with E-state index in [4.69, 9.17) is 0 Å². The first kappa shape index (κ1) is 17.9. The monoisotopic (exact) mass is 338 g/mol. The summed E-state index contributed by atoms with van der Waals surface area (Å²) in [7, 11) is 2.21. The molecule has 1 saturated heterocycles. The van der Waals surface area contributed by atoms with Crippen LogP contribution in [0.1, 0.15) is 22.3 Å². The topological polar surface area (TPSA) is 30.5 Å². The molecule has 3 rings (SSSR count). The summed E-state index contributed by atoms with van der Waals surface area (Å²) in [5.41, 5.74) is 13.3. The number of aryl methyl sites for hydroxylation is 1. The average Bonchev–Trinajstić information content (AvgIpc) is 2.61. The Morgan fingerprint density at radius 3 is 2.32 bits per heavy atom. The number of piperazine rings is 1. The van der Waals surface area contributed by atoms with Gasteiger partial charge in [0, 0.05) is 45.0 Å². The van der Waals surface area contributed by atoms with Crippen molar-refractivity contribution in [3.63, 3.8) is 0 Å². The molecule has 0 radical (unpaired) electrons. The minimum Gasteiger partial charge on any atom is -0.321 e. The second-order valence-electron chi connectivity index (χ2n) is 7.13. The molecule has 0 atom stereocenters. The van der Waals surface area contributed by atoms with Crippen molar-refractivity contribution in [2.45, 2.75) is 26.9 Å². The minimum absolute atomic E-state index is 0.818. The summed E-state index contributed by atoms with van der Waals surface area (Å²) >= 11 is 0. The Balaban J connectivity index is 1.63. The maximum atomic E-state index is 3.35. The summed E-state index contributed by atoms with van der Waals surface area (Å²) < 4.78 is 0. The number of hydrogen-bond donors (Lipinski definition) is 2. The Morgan fingerprint density at radius 2 is 1.60 bits per heavy atom. The molecule has 4 heteroatoms. The Morgan fingerprint density at radius 1 is 0.920 bits per heavy atom. The van der Waals surface area contributed by atoms with Crippen LogP contribution in [0.5, 0.6) is 0 Å². The summed E-state index contributed by atoms with van der Waals surface area (Å²) in [4.78, 5) is 4.98. The minimum atomic E-state index is 0.818. The van der Waals surface area contributed by atoms with Crippen molar-refractivity contribution in [2.75, 3.05) is 38.7 Å². The van der Waals surface area contributed by atoms with Crippen LogP contribution in [0.25, 0.3) is 0 Å². The molecule has 0 unspecified atom stereocenters. The zero-order chi connectivity index (χ0) is 17.6. The first-order valence-electron chi connectivity index (χ1n) is 9.15. The third kappa shape index (κ3) is 5.05. The molecule has 4 nitrogen and oxygen atoms in total. The maximum absolute atomic E-state index is 3.35. The van der Waals surface area contributed by atoms with Crippen LogP contribution in [0.3, 0.4) is 0 Å². The van der Waals surface area contributed by atoms with Crippen LogP contribution in [0.15, 0.2) is 42.5 Å². The highest BCUT2D eigenvalue weighted by molar-refractivity contribution is 5.42. The third-order valence-corrected chi connectivity index (χ3v) is 5.04. The number of hydrazine groups is 1. The zero-order valence-electron chi connectivity index (χ0n) is 15.7. The second-order valence-corrected chi connectivity index (χ2v) is 7.13. The molecule has 0 bridgehead atoms. The van der Waals surface area contributed by atoms with Crippen LogP contribution in [-0.4, -0.2) is 43.0 Å². The van der Waals surface area contributed by atoms with E-state index in [2.05, 4.69) is 65.8 Å². The fourth-order valence-corrected chi connectivity index (χ4v) is 3.37. The third-order valence-electron chi connectivity index (χ3n) is 5.04. The van der Waals surface area contributed by atoms with Gasteiger partial charge in [-0.1, -0.05) is 35.9 Å². The Hall–Kier alpha value is -1.88. The highest BCUT2D eigenvalue weighted by Gasteiger charge is 2.15. The van der Waals surface area contributed by atoms with Crippen LogP contribution in [0.2, 0.25) is 0 Å². The van der Waals surface area contributed by atoms with E-state index in [9.17, 15) is 0 Å². The molecular formula is C21H30N4. The van der Waals surface area contributed by atoms with Gasteiger partial charge in [-0.05, 0) is 49.7 Å². The molecule has 1 heterocycles. The highest BCUT2D eigenvalue weighted by Crippen LogP contribution is 2.19. The molecule has 1 aliphatic rings. The van der Waals surface area contributed by atoms with E-state index in [1.165, 1.54) is 35.3 Å². The van der Waals surface area contributed by atoms with Gasteiger partial charge in [-0.2, -0.15) is 0 Å². The first-order chi connectivity index (χ1) is 12.1. The molecule has 2 aromatic rings. The quantitative estimate of drug-likeness (QED) is 0.792. The van der Waals surface area contributed by atoms with Crippen molar-refractivity contribution in [2.24, 2.45) is 0 Å². The summed E-state index contributed by atoms with van der Waals surface area (Å²) in [6.45, 7) is 11.0. The molecule has 1 aliphatic heterocycles. The van der Waals surface area contributed by atoms with Crippen LogP contribution in [0, 0.1) is 13.8 Å². The van der Waals surface area contributed by atoms with E-state index >= 15 is 0 Å². The number of rotatable bonds is 6. The van der Waals surface area contributed by atoms with Gasteiger partial charge in [0.05, 0.1) is 0 Å². The van der Waals surface area contributed by atoms with Crippen molar-refractivity contribution in [1.82, 2.24) is 15.2 Å². The van der Waals surface area contributed by atoms with E-state index in [0.717, 1.165) is 31.9 Å². The van der Waals surface area contributed by atoms with Crippen molar-refractivity contribution < 1.29 is 0 Å². The number of nitrogens with one attached hydrogen (secondary N) is 2. The van der Waals surface area contributed by atoms with Gasteiger partial charge < -0.3 is 10.3 Å². The van der Waals surface area contributed by atoms with Crippen molar-refractivity contribution in [3.05, 3.63) is 64.7 Å². The average molecular weight is 338 g/mol. The summed E-state index contributed by atoms with van der Waals surface area (Å²) in [5, 5.41) is 0. The van der Waals surface area contributed by atoms with Crippen molar-refractivity contribution in [3.8, 4) is 0 Å². The maximum Gasteiger partial charge on any atom is 0.0487 e. The van der Waals surface area contributed by atoms with Gasteiger partial charge in [-0.25, -0.2) is 5.43 Å². The lowest BCUT2D eigenvalue weighted by Gasteiger charge is -2.33. The largest absolute Gasteiger partial charge is 0.321 e. The highest BCUT2D eigenvalue weighted by atomic mass is 15.3. The van der Waals surface area contributed by atoms with Crippen LogP contribution in [-0.2, 0) is 13.1 Å². The fourth-order valence-electron chi connectivity index (χ4n) is 3.37. The van der Waals surface area contributed by atoms with Gasteiger partial charge in [0.2, 0.25) is 0 Å². The second kappa shape index (κ2) is 8.48. The number of para-hydroxylation sites is 1. The van der Waals surface area contributed by atoms with E-state index in [0.29, 0.717) is 0 Å².